The summed E-state index contributed by atoms with van der Waals surface area (Å²) in [6.07, 6.45) is 0.935. The van der Waals surface area contributed by atoms with Crippen molar-refractivity contribution in [1.82, 2.24) is 5.32 Å². The molecule has 0 heterocycles. The van der Waals surface area contributed by atoms with Crippen LogP contribution in [0.5, 0.6) is 5.75 Å². The van der Waals surface area contributed by atoms with Gasteiger partial charge in [-0.1, -0.05) is 19.1 Å². The molecule has 1 unspecified atom stereocenters. The second-order valence-corrected chi connectivity index (χ2v) is 5.01. The van der Waals surface area contributed by atoms with Gasteiger partial charge in [-0.3, -0.25) is 0 Å². The van der Waals surface area contributed by atoms with Crippen LogP contribution in [0.3, 0.4) is 0 Å². The number of benzene rings is 1. The zero-order valence-electron chi connectivity index (χ0n) is 13.2. The van der Waals surface area contributed by atoms with E-state index in [9.17, 15) is 0 Å². The van der Waals surface area contributed by atoms with E-state index < -0.39 is 0 Å². The van der Waals surface area contributed by atoms with Crippen molar-refractivity contribution in [2.45, 2.75) is 45.6 Å². The fourth-order valence-electron chi connectivity index (χ4n) is 2.07. The standard InChI is InChI=1S/C16H27NO3/c1-6-11-17-15(16(18-4)19-5)13-7-9-14(10-8-13)20-12(2)3/h7-10,12,15-17H,6,11H2,1-5H3. The molecular formula is C16H27NO3. The van der Waals surface area contributed by atoms with Gasteiger partial charge in [-0.05, 0) is 44.5 Å². The van der Waals surface area contributed by atoms with Crippen molar-refractivity contribution in [1.29, 1.82) is 0 Å². The maximum atomic E-state index is 5.66. The van der Waals surface area contributed by atoms with Gasteiger partial charge in [0.05, 0.1) is 12.1 Å². The van der Waals surface area contributed by atoms with Gasteiger partial charge in [0.1, 0.15) is 5.75 Å². The first-order chi connectivity index (χ1) is 9.62. The Morgan fingerprint density at radius 2 is 1.65 bits per heavy atom. The van der Waals surface area contributed by atoms with E-state index in [0.717, 1.165) is 24.3 Å². The van der Waals surface area contributed by atoms with Crippen molar-refractivity contribution in [3.8, 4) is 5.75 Å². The first-order valence-electron chi connectivity index (χ1n) is 7.18. The molecule has 0 saturated heterocycles. The quantitative estimate of drug-likeness (QED) is 0.706. The number of hydrogen-bond donors (Lipinski definition) is 1. The number of methoxy groups -OCH3 is 2. The summed E-state index contributed by atoms with van der Waals surface area (Å²) in [5, 5.41) is 3.46. The minimum Gasteiger partial charge on any atom is -0.491 e. The number of hydrogen-bond acceptors (Lipinski definition) is 4. The van der Waals surface area contributed by atoms with Crippen LogP contribution in [0.4, 0.5) is 0 Å². The Morgan fingerprint density at radius 1 is 1.05 bits per heavy atom. The second kappa shape index (κ2) is 8.95. The average molecular weight is 281 g/mol. The zero-order valence-corrected chi connectivity index (χ0v) is 13.2. The van der Waals surface area contributed by atoms with Gasteiger partial charge in [0.15, 0.2) is 6.29 Å². The summed E-state index contributed by atoms with van der Waals surface area (Å²) < 4.78 is 16.4. The van der Waals surface area contributed by atoms with E-state index in [0.29, 0.717) is 0 Å². The Morgan fingerprint density at radius 3 is 2.10 bits per heavy atom. The molecule has 20 heavy (non-hydrogen) atoms. The molecule has 0 bridgehead atoms. The smallest absolute Gasteiger partial charge is 0.176 e. The lowest BCUT2D eigenvalue weighted by atomic mass is 10.1. The van der Waals surface area contributed by atoms with Gasteiger partial charge >= 0.3 is 0 Å². The van der Waals surface area contributed by atoms with Crippen LogP contribution < -0.4 is 10.1 Å². The fraction of sp³-hybridized carbons (Fsp3) is 0.625. The Balaban J connectivity index is 2.84. The predicted molar refractivity (Wildman–Crippen MR) is 81.0 cm³/mol. The van der Waals surface area contributed by atoms with Crippen molar-refractivity contribution in [2.75, 3.05) is 20.8 Å². The van der Waals surface area contributed by atoms with E-state index in [1.165, 1.54) is 0 Å². The molecule has 0 amide bonds. The van der Waals surface area contributed by atoms with Crippen LogP contribution in [0.1, 0.15) is 38.8 Å². The minimum atomic E-state index is -0.307. The van der Waals surface area contributed by atoms with Gasteiger partial charge < -0.3 is 19.5 Å². The Bertz CT molecular complexity index is 360. The van der Waals surface area contributed by atoms with Crippen molar-refractivity contribution < 1.29 is 14.2 Å². The van der Waals surface area contributed by atoms with Gasteiger partial charge in [-0.25, -0.2) is 0 Å². The van der Waals surface area contributed by atoms with Crippen molar-refractivity contribution in [3.63, 3.8) is 0 Å². The summed E-state index contributed by atoms with van der Waals surface area (Å²) in [5.74, 6) is 0.879. The molecule has 0 aliphatic rings. The number of rotatable bonds is 9. The molecule has 114 valence electrons. The van der Waals surface area contributed by atoms with Crippen LogP contribution in [0, 0.1) is 0 Å². The maximum absolute atomic E-state index is 5.66. The molecule has 0 aromatic heterocycles. The lowest BCUT2D eigenvalue weighted by Crippen LogP contribution is -2.35. The predicted octanol–water partition coefficient (Wildman–Crippen LogP) is 3.13. The normalized spacial score (nSPS) is 12.9. The Kier molecular flexibility index (Phi) is 7.59. The maximum Gasteiger partial charge on any atom is 0.176 e. The summed E-state index contributed by atoms with van der Waals surface area (Å²) >= 11 is 0. The Hall–Kier alpha value is -1.10. The largest absolute Gasteiger partial charge is 0.491 e. The van der Waals surface area contributed by atoms with Crippen LogP contribution in [0.25, 0.3) is 0 Å². The van der Waals surface area contributed by atoms with Gasteiger partial charge in [-0.15, -0.1) is 0 Å². The first kappa shape index (κ1) is 17.0. The molecule has 0 aliphatic heterocycles. The summed E-state index contributed by atoms with van der Waals surface area (Å²) in [4.78, 5) is 0. The topological polar surface area (TPSA) is 39.7 Å². The molecule has 0 aliphatic carbocycles. The molecule has 1 rings (SSSR count). The van der Waals surface area contributed by atoms with E-state index in [1.54, 1.807) is 14.2 Å². The Labute approximate surface area is 122 Å². The summed E-state index contributed by atoms with van der Waals surface area (Å²) in [5.41, 5.74) is 1.13. The molecule has 1 atom stereocenters. The van der Waals surface area contributed by atoms with E-state index in [-0.39, 0.29) is 18.4 Å². The molecule has 0 spiro atoms. The number of ether oxygens (including phenoxy) is 3. The van der Waals surface area contributed by atoms with Crippen LogP contribution in [0.15, 0.2) is 24.3 Å². The fourth-order valence-corrected chi connectivity index (χ4v) is 2.07. The van der Waals surface area contributed by atoms with E-state index in [1.807, 2.05) is 26.0 Å². The van der Waals surface area contributed by atoms with Crippen LogP contribution in [-0.2, 0) is 9.47 Å². The second-order valence-electron chi connectivity index (χ2n) is 5.01. The minimum absolute atomic E-state index is 0.0121. The van der Waals surface area contributed by atoms with Crippen LogP contribution in [0.2, 0.25) is 0 Å². The molecule has 0 saturated carbocycles. The molecule has 4 nitrogen and oxygen atoms in total. The summed E-state index contributed by atoms with van der Waals surface area (Å²) in [6.45, 7) is 7.09. The highest BCUT2D eigenvalue weighted by molar-refractivity contribution is 5.29. The third-order valence-electron chi connectivity index (χ3n) is 2.96. The monoisotopic (exact) mass is 281 g/mol. The van der Waals surface area contributed by atoms with Gasteiger partial charge in [-0.2, -0.15) is 0 Å². The van der Waals surface area contributed by atoms with Crippen molar-refractivity contribution >= 4 is 0 Å². The molecule has 1 N–H and O–H groups in total. The summed E-state index contributed by atoms with van der Waals surface area (Å²) in [7, 11) is 3.32. The lowest BCUT2D eigenvalue weighted by Gasteiger charge is -2.26. The van der Waals surface area contributed by atoms with Crippen LogP contribution >= 0.6 is 0 Å². The van der Waals surface area contributed by atoms with E-state index >= 15 is 0 Å². The molecule has 0 radical (unpaired) electrons. The van der Waals surface area contributed by atoms with Crippen molar-refractivity contribution in [3.05, 3.63) is 29.8 Å². The number of nitrogens with one attached hydrogen (secondary N) is 1. The molecular weight excluding hydrogens is 254 g/mol. The molecule has 1 aromatic carbocycles. The van der Waals surface area contributed by atoms with E-state index in [4.69, 9.17) is 14.2 Å². The molecule has 4 heteroatoms. The van der Waals surface area contributed by atoms with Crippen LogP contribution in [-0.4, -0.2) is 33.2 Å². The third kappa shape index (κ3) is 5.12. The van der Waals surface area contributed by atoms with Gasteiger partial charge in [0.2, 0.25) is 0 Å². The third-order valence-corrected chi connectivity index (χ3v) is 2.96. The van der Waals surface area contributed by atoms with E-state index in [2.05, 4.69) is 24.4 Å². The first-order valence-corrected chi connectivity index (χ1v) is 7.18. The molecule has 0 fully saturated rings. The SMILES string of the molecule is CCCNC(c1ccc(OC(C)C)cc1)C(OC)OC. The summed E-state index contributed by atoms with van der Waals surface area (Å²) in [6, 6.07) is 8.08. The highest BCUT2D eigenvalue weighted by Gasteiger charge is 2.22. The highest BCUT2D eigenvalue weighted by atomic mass is 16.7. The lowest BCUT2D eigenvalue weighted by molar-refractivity contribution is -0.124. The van der Waals surface area contributed by atoms with Crippen molar-refractivity contribution in [2.24, 2.45) is 0 Å². The highest BCUT2D eigenvalue weighted by Crippen LogP contribution is 2.23. The zero-order chi connectivity index (χ0) is 15.0. The van der Waals surface area contributed by atoms with Gasteiger partial charge in [0.25, 0.3) is 0 Å². The molecule has 1 aromatic rings. The average Bonchev–Trinajstić information content (AvgIpc) is 2.44. The van der Waals surface area contributed by atoms with Gasteiger partial charge in [0, 0.05) is 14.2 Å².